The van der Waals surface area contributed by atoms with E-state index in [0.717, 1.165) is 5.52 Å². The van der Waals surface area contributed by atoms with Gasteiger partial charge in [0.25, 0.3) is 0 Å². The summed E-state index contributed by atoms with van der Waals surface area (Å²) in [5.74, 6) is 1.21. The van der Waals surface area contributed by atoms with Crippen LogP contribution in [0.5, 0.6) is 11.5 Å². The fourth-order valence-electron chi connectivity index (χ4n) is 3.50. The van der Waals surface area contributed by atoms with Crippen molar-refractivity contribution < 1.29 is 17.9 Å². The number of H-pyrrole nitrogens is 1. The number of hydrogen-bond acceptors (Lipinski definition) is 7. The van der Waals surface area contributed by atoms with Crippen LogP contribution in [0.15, 0.2) is 65.7 Å². The predicted octanol–water partition coefficient (Wildman–Crippen LogP) is 4.08. The summed E-state index contributed by atoms with van der Waals surface area (Å²) in [5.41, 5.74) is 2.68. The molecule has 0 aliphatic rings. The van der Waals surface area contributed by atoms with Crippen molar-refractivity contribution in [3.63, 3.8) is 0 Å². The highest BCUT2D eigenvalue weighted by Gasteiger charge is 2.17. The minimum atomic E-state index is -3.33. The summed E-state index contributed by atoms with van der Waals surface area (Å²) in [4.78, 5) is 25.9. The van der Waals surface area contributed by atoms with Gasteiger partial charge in [-0.3, -0.25) is 9.78 Å². The van der Waals surface area contributed by atoms with Crippen LogP contribution >= 0.6 is 0 Å². The Hall–Kier alpha value is -4.23. The second-order valence-electron chi connectivity index (χ2n) is 7.79. The number of sulfone groups is 1. The molecule has 4 aromatic rings. The zero-order valence-corrected chi connectivity index (χ0v) is 20.0. The molecule has 1 N–H and O–H groups in total. The Balaban J connectivity index is 1.75. The summed E-state index contributed by atoms with van der Waals surface area (Å²) in [5, 5.41) is 9.13. The molecule has 0 aliphatic carbocycles. The Labute approximate surface area is 202 Å². The lowest BCUT2D eigenvalue weighted by Crippen LogP contribution is -2.28. The number of nitrogens with zero attached hydrogens (tertiary/aromatic N) is 4. The summed E-state index contributed by atoms with van der Waals surface area (Å²) in [6, 6.07) is 17.3. The number of carbonyl (C=O) groups is 1. The topological polar surface area (TPSA) is 129 Å². The van der Waals surface area contributed by atoms with Crippen LogP contribution in [0, 0.1) is 11.3 Å². The maximum Gasteiger partial charge on any atom is 0.220 e. The van der Waals surface area contributed by atoms with Crippen LogP contribution in [0.25, 0.3) is 22.6 Å². The Morgan fingerprint density at radius 1 is 1.17 bits per heavy atom. The third-order valence-corrected chi connectivity index (χ3v) is 7.18. The maximum absolute atomic E-state index is 12.1. The summed E-state index contributed by atoms with van der Waals surface area (Å²) in [6.45, 7) is 3.07. The number of nitriles is 1. The molecule has 0 fully saturated rings. The molecule has 2 aromatic carbocycles. The van der Waals surface area contributed by atoms with Gasteiger partial charge in [0.2, 0.25) is 5.91 Å². The normalized spacial score (nSPS) is 11.2. The zero-order chi connectivity index (χ0) is 25.0. The van der Waals surface area contributed by atoms with E-state index in [0.29, 0.717) is 34.1 Å². The molecule has 0 spiro atoms. The fraction of sp³-hybridized carbons (Fsp3) is 0.200. The second kappa shape index (κ2) is 9.95. The summed E-state index contributed by atoms with van der Waals surface area (Å²) < 4.78 is 30.3. The molecule has 0 bridgehead atoms. The van der Waals surface area contributed by atoms with E-state index in [1.165, 1.54) is 24.0 Å². The summed E-state index contributed by atoms with van der Waals surface area (Å²) in [6.07, 6.45) is 1.68. The molecule has 9 nitrogen and oxygen atoms in total. The lowest BCUT2D eigenvalue weighted by Gasteiger charge is -2.20. The van der Waals surface area contributed by atoms with Crippen LogP contribution < -0.4 is 4.74 Å². The first-order chi connectivity index (χ1) is 16.8. The van der Waals surface area contributed by atoms with Gasteiger partial charge in [0.15, 0.2) is 15.7 Å². The number of ether oxygens (including phenoxy) is 1. The van der Waals surface area contributed by atoms with Crippen molar-refractivity contribution in [2.45, 2.75) is 25.3 Å². The van der Waals surface area contributed by atoms with E-state index < -0.39 is 9.84 Å². The number of pyridine rings is 1. The Kier molecular flexibility index (Phi) is 6.80. The van der Waals surface area contributed by atoms with Gasteiger partial charge in [0, 0.05) is 24.8 Å². The first-order valence-corrected chi connectivity index (χ1v) is 12.5. The molecule has 178 valence electrons. The number of aromatic amines is 1. The fourth-order valence-corrected chi connectivity index (χ4v) is 4.39. The number of hydrogen-bond donors (Lipinski definition) is 1. The maximum atomic E-state index is 12.1. The third-order valence-electron chi connectivity index (χ3n) is 5.43. The van der Waals surface area contributed by atoms with Crippen molar-refractivity contribution in [2.24, 2.45) is 0 Å². The summed E-state index contributed by atoms with van der Waals surface area (Å²) in [7, 11) is -3.33. The minimum Gasteiger partial charge on any atom is -0.457 e. The molecule has 2 aromatic heterocycles. The van der Waals surface area contributed by atoms with Gasteiger partial charge in [0.05, 0.1) is 34.3 Å². The van der Waals surface area contributed by atoms with Crippen LogP contribution in [0.2, 0.25) is 0 Å². The second-order valence-corrected chi connectivity index (χ2v) is 10.1. The first kappa shape index (κ1) is 23.9. The molecule has 1 amide bonds. The highest BCUT2D eigenvalue weighted by molar-refractivity contribution is 7.91. The molecule has 0 saturated heterocycles. The number of nitrogens with one attached hydrogen (secondary N) is 1. The molecule has 2 heterocycles. The number of amides is 1. The van der Waals surface area contributed by atoms with E-state index in [1.807, 2.05) is 30.3 Å². The van der Waals surface area contributed by atoms with Crippen molar-refractivity contribution in [1.82, 2.24) is 19.9 Å². The SMILES string of the molecule is CCS(=O)(=O)c1ccc(Oc2cc3nc(-c4ccccn4)[nH]c3cc2CN(CC#N)C(C)=O)cc1. The van der Waals surface area contributed by atoms with Crippen molar-refractivity contribution >= 4 is 26.8 Å². The quantitative estimate of drug-likeness (QED) is 0.369. The number of aromatic nitrogens is 3. The third kappa shape index (κ3) is 5.31. The van der Waals surface area contributed by atoms with E-state index in [4.69, 9.17) is 10.00 Å². The predicted molar refractivity (Wildman–Crippen MR) is 130 cm³/mol. The Morgan fingerprint density at radius 2 is 1.94 bits per heavy atom. The highest BCUT2D eigenvalue weighted by atomic mass is 32.2. The van der Waals surface area contributed by atoms with Crippen molar-refractivity contribution in [3.8, 4) is 29.1 Å². The first-order valence-electron chi connectivity index (χ1n) is 10.9. The van der Waals surface area contributed by atoms with Gasteiger partial charge in [-0.15, -0.1) is 0 Å². The number of fused-ring (bicyclic) bond motifs is 1. The molecule has 0 radical (unpaired) electrons. The molecule has 0 saturated carbocycles. The standard InChI is InChI=1S/C25H23N5O4S/c1-3-35(32,33)20-9-7-19(8-10-20)34-24-15-23-22(14-18(24)16-30(13-11-26)17(2)31)28-25(29-23)21-6-4-5-12-27-21/h4-10,12,14-15H,3,13,16H2,1-2H3,(H,28,29). The molecule has 0 unspecified atom stereocenters. The van der Waals surface area contributed by atoms with Crippen LogP contribution in [0.3, 0.4) is 0 Å². The lowest BCUT2D eigenvalue weighted by atomic mass is 10.1. The number of benzene rings is 2. The molecule has 0 atom stereocenters. The largest absolute Gasteiger partial charge is 0.457 e. The van der Waals surface area contributed by atoms with Gasteiger partial charge < -0.3 is 14.6 Å². The molecule has 35 heavy (non-hydrogen) atoms. The van der Waals surface area contributed by atoms with E-state index >= 15 is 0 Å². The van der Waals surface area contributed by atoms with E-state index in [1.54, 1.807) is 31.3 Å². The molecule has 0 aliphatic heterocycles. The minimum absolute atomic E-state index is 0.00551. The van der Waals surface area contributed by atoms with Crippen molar-refractivity contribution in [1.29, 1.82) is 5.26 Å². The Bertz CT molecular complexity index is 1510. The van der Waals surface area contributed by atoms with Gasteiger partial charge in [-0.1, -0.05) is 13.0 Å². The summed E-state index contributed by atoms with van der Waals surface area (Å²) >= 11 is 0. The van der Waals surface area contributed by atoms with Crippen molar-refractivity contribution in [3.05, 3.63) is 66.4 Å². The van der Waals surface area contributed by atoms with Gasteiger partial charge in [-0.2, -0.15) is 5.26 Å². The smallest absolute Gasteiger partial charge is 0.220 e. The van der Waals surface area contributed by atoms with E-state index in [-0.39, 0.29) is 29.6 Å². The molecular weight excluding hydrogens is 466 g/mol. The van der Waals surface area contributed by atoms with Gasteiger partial charge in [-0.25, -0.2) is 13.4 Å². The van der Waals surface area contributed by atoms with Crippen LogP contribution in [-0.4, -0.2) is 46.5 Å². The van der Waals surface area contributed by atoms with Gasteiger partial charge >= 0.3 is 0 Å². The van der Waals surface area contributed by atoms with Crippen molar-refractivity contribution in [2.75, 3.05) is 12.3 Å². The van der Waals surface area contributed by atoms with E-state index in [9.17, 15) is 13.2 Å². The van der Waals surface area contributed by atoms with Crippen LogP contribution in [0.1, 0.15) is 19.4 Å². The zero-order valence-electron chi connectivity index (χ0n) is 19.2. The molecule has 4 rings (SSSR count). The van der Waals surface area contributed by atoms with Crippen LogP contribution in [-0.2, 0) is 21.2 Å². The number of imidazole rings is 1. The van der Waals surface area contributed by atoms with Gasteiger partial charge in [0.1, 0.15) is 23.7 Å². The molecule has 10 heteroatoms. The average molecular weight is 490 g/mol. The average Bonchev–Trinajstić information content (AvgIpc) is 3.27. The Morgan fingerprint density at radius 3 is 2.57 bits per heavy atom. The van der Waals surface area contributed by atoms with Gasteiger partial charge in [-0.05, 0) is 42.5 Å². The van der Waals surface area contributed by atoms with E-state index in [2.05, 4.69) is 15.0 Å². The monoisotopic (exact) mass is 489 g/mol. The molecular formula is C25H23N5O4S. The van der Waals surface area contributed by atoms with Crippen LogP contribution in [0.4, 0.5) is 0 Å². The number of carbonyl (C=O) groups excluding carboxylic acids is 1. The highest BCUT2D eigenvalue weighted by Crippen LogP contribution is 2.32. The lowest BCUT2D eigenvalue weighted by molar-refractivity contribution is -0.128. The number of rotatable bonds is 8.